The van der Waals surface area contributed by atoms with Gasteiger partial charge in [-0.25, -0.2) is 0 Å². The highest BCUT2D eigenvalue weighted by Crippen LogP contribution is 2.50. The van der Waals surface area contributed by atoms with Crippen LogP contribution in [-0.2, 0) is 18.4 Å². The van der Waals surface area contributed by atoms with E-state index in [0.29, 0.717) is 0 Å². The molecule has 0 fully saturated rings. The van der Waals surface area contributed by atoms with Crippen molar-refractivity contribution in [3.05, 3.63) is 0 Å². The second kappa shape index (κ2) is 6.71. The molecule has 0 aliphatic heterocycles. The number of Topliss-reactive ketones (excluding diaryl/α,β-unsaturated/α-hetero) is 1. The Kier molecular flexibility index (Phi) is 6.50. The smallest absolute Gasteiger partial charge is 0.299 e. The van der Waals surface area contributed by atoms with Gasteiger partial charge in [0.2, 0.25) is 0 Å². The van der Waals surface area contributed by atoms with E-state index in [2.05, 4.69) is 9.05 Å². The van der Waals surface area contributed by atoms with E-state index in [-0.39, 0.29) is 6.42 Å². The second-order valence-electron chi connectivity index (χ2n) is 3.44. The molecule has 0 heterocycles. The summed E-state index contributed by atoms with van der Waals surface area (Å²) in [5, 5.41) is 0. The fourth-order valence-electron chi connectivity index (χ4n) is 0.799. The Morgan fingerprint density at radius 3 is 1.63 bits per heavy atom. The molecule has 0 rings (SSSR count). The highest BCUT2D eigenvalue weighted by Gasteiger charge is 2.39. The van der Waals surface area contributed by atoms with Crippen LogP contribution >= 0.6 is 7.60 Å². The topological polar surface area (TPSA) is 52.6 Å². The Labute approximate surface area is 104 Å². The molecular formula is C8H11F6O4P. The minimum Gasteiger partial charge on any atom is -0.299 e. The van der Waals surface area contributed by atoms with E-state index < -0.39 is 45.1 Å². The van der Waals surface area contributed by atoms with Gasteiger partial charge in [0.15, 0.2) is 13.2 Å². The van der Waals surface area contributed by atoms with Crippen LogP contribution in [0.5, 0.6) is 0 Å². The molecule has 0 aliphatic carbocycles. The largest absolute Gasteiger partial charge is 0.412 e. The van der Waals surface area contributed by atoms with Crippen LogP contribution in [0.2, 0.25) is 0 Å². The Morgan fingerprint density at radius 2 is 1.37 bits per heavy atom. The average molecular weight is 316 g/mol. The van der Waals surface area contributed by atoms with Crippen molar-refractivity contribution in [2.45, 2.75) is 25.7 Å². The SMILES string of the molecule is CCC(=O)CP(=O)(OCC(F)(F)F)OCC(F)(F)F. The van der Waals surface area contributed by atoms with E-state index in [4.69, 9.17) is 0 Å². The van der Waals surface area contributed by atoms with Crippen LogP contribution in [0, 0.1) is 0 Å². The van der Waals surface area contributed by atoms with Crippen LogP contribution in [0.1, 0.15) is 13.3 Å². The molecule has 0 spiro atoms. The van der Waals surface area contributed by atoms with E-state index in [1.807, 2.05) is 0 Å². The number of rotatable bonds is 7. The van der Waals surface area contributed by atoms with E-state index in [0.717, 1.165) is 0 Å². The lowest BCUT2D eigenvalue weighted by Gasteiger charge is -2.19. The maximum atomic E-state index is 11.9. The van der Waals surface area contributed by atoms with Crippen LogP contribution in [0.25, 0.3) is 0 Å². The average Bonchev–Trinajstić information content (AvgIpc) is 2.22. The van der Waals surface area contributed by atoms with Crippen molar-refractivity contribution >= 4 is 13.4 Å². The van der Waals surface area contributed by atoms with Crippen LogP contribution in [0.4, 0.5) is 26.3 Å². The van der Waals surface area contributed by atoms with Crippen LogP contribution in [0.3, 0.4) is 0 Å². The number of hydrogen-bond acceptors (Lipinski definition) is 4. The third kappa shape index (κ3) is 9.92. The lowest BCUT2D eigenvalue weighted by molar-refractivity contribution is -0.165. The molecule has 0 aromatic rings. The number of ketones is 1. The van der Waals surface area contributed by atoms with Crippen molar-refractivity contribution in [2.75, 3.05) is 19.4 Å². The molecule has 0 saturated carbocycles. The van der Waals surface area contributed by atoms with Crippen molar-refractivity contribution in [1.29, 1.82) is 0 Å². The molecule has 0 atom stereocenters. The summed E-state index contributed by atoms with van der Waals surface area (Å²) in [4.78, 5) is 11.0. The second-order valence-corrected chi connectivity index (χ2v) is 5.49. The van der Waals surface area contributed by atoms with Gasteiger partial charge in [-0.1, -0.05) is 6.92 Å². The Hall–Kier alpha value is -0.600. The first-order chi connectivity index (χ1) is 8.37. The van der Waals surface area contributed by atoms with Crippen molar-refractivity contribution in [3.63, 3.8) is 0 Å². The highest BCUT2D eigenvalue weighted by molar-refractivity contribution is 7.54. The highest BCUT2D eigenvalue weighted by atomic mass is 31.2. The van der Waals surface area contributed by atoms with E-state index in [1.165, 1.54) is 6.92 Å². The van der Waals surface area contributed by atoms with Gasteiger partial charge < -0.3 is 0 Å². The fraction of sp³-hybridized carbons (Fsp3) is 0.875. The van der Waals surface area contributed by atoms with Gasteiger partial charge in [0, 0.05) is 6.42 Å². The van der Waals surface area contributed by atoms with Gasteiger partial charge in [-0.2, -0.15) is 26.3 Å². The monoisotopic (exact) mass is 316 g/mol. The maximum absolute atomic E-state index is 11.9. The summed E-state index contributed by atoms with van der Waals surface area (Å²) in [6.07, 6.45) is -11.1. The molecule has 0 saturated heterocycles. The van der Waals surface area contributed by atoms with Crippen LogP contribution in [0.15, 0.2) is 0 Å². The summed E-state index contributed by atoms with van der Waals surface area (Å²) < 4.78 is 90.5. The molecule has 0 aliphatic rings. The summed E-state index contributed by atoms with van der Waals surface area (Å²) in [6, 6.07) is 0. The Bertz CT molecular complexity index is 328. The van der Waals surface area contributed by atoms with Crippen molar-refractivity contribution in [1.82, 2.24) is 0 Å². The lowest BCUT2D eigenvalue weighted by Crippen LogP contribution is -2.22. The molecule has 0 unspecified atom stereocenters. The molecule has 0 amide bonds. The van der Waals surface area contributed by atoms with Gasteiger partial charge in [-0.15, -0.1) is 0 Å². The van der Waals surface area contributed by atoms with E-state index in [1.54, 1.807) is 0 Å². The molecule has 4 nitrogen and oxygen atoms in total. The van der Waals surface area contributed by atoms with Gasteiger partial charge in [-0.3, -0.25) is 18.4 Å². The summed E-state index contributed by atoms with van der Waals surface area (Å²) in [5.41, 5.74) is 0. The predicted molar refractivity (Wildman–Crippen MR) is 51.8 cm³/mol. The van der Waals surface area contributed by atoms with Gasteiger partial charge in [0.1, 0.15) is 11.9 Å². The lowest BCUT2D eigenvalue weighted by atomic mass is 10.4. The van der Waals surface area contributed by atoms with Crippen LogP contribution < -0.4 is 0 Å². The maximum Gasteiger partial charge on any atom is 0.412 e. The molecule has 0 radical (unpaired) electrons. The summed E-state index contributed by atoms with van der Waals surface area (Å²) in [5.74, 6) is -0.826. The first kappa shape index (κ1) is 18.4. The van der Waals surface area contributed by atoms with Crippen molar-refractivity contribution in [2.24, 2.45) is 0 Å². The quantitative estimate of drug-likeness (QED) is 0.534. The first-order valence-electron chi connectivity index (χ1n) is 4.90. The van der Waals surface area contributed by atoms with Gasteiger partial charge >= 0.3 is 19.9 Å². The molecule has 0 aromatic heterocycles. The van der Waals surface area contributed by atoms with Gasteiger partial charge in [0.05, 0.1) is 0 Å². The van der Waals surface area contributed by atoms with Crippen molar-refractivity contribution in [3.8, 4) is 0 Å². The first-order valence-corrected chi connectivity index (χ1v) is 6.63. The Morgan fingerprint density at radius 1 is 1.00 bits per heavy atom. The molecule has 0 N–H and O–H groups in total. The zero-order valence-corrected chi connectivity index (χ0v) is 10.6. The molecule has 19 heavy (non-hydrogen) atoms. The Balaban J connectivity index is 4.72. The minimum absolute atomic E-state index is 0.214. The molecule has 114 valence electrons. The third-order valence-electron chi connectivity index (χ3n) is 1.61. The fourth-order valence-corrected chi connectivity index (χ4v) is 2.40. The van der Waals surface area contributed by atoms with E-state index in [9.17, 15) is 35.7 Å². The number of carbonyl (C=O) groups excluding carboxylic acids is 1. The predicted octanol–water partition coefficient (Wildman–Crippen LogP) is 3.32. The van der Waals surface area contributed by atoms with Crippen molar-refractivity contribution < 1.29 is 44.7 Å². The number of alkyl halides is 6. The molecule has 0 aromatic carbocycles. The number of halogens is 6. The zero-order valence-electron chi connectivity index (χ0n) is 9.68. The van der Waals surface area contributed by atoms with E-state index >= 15 is 0 Å². The molecule has 11 heteroatoms. The summed E-state index contributed by atoms with van der Waals surface area (Å²) >= 11 is 0. The normalized spacial score (nSPS) is 13.6. The van der Waals surface area contributed by atoms with Crippen LogP contribution in [-0.4, -0.2) is 37.5 Å². The van der Waals surface area contributed by atoms with Gasteiger partial charge in [0.25, 0.3) is 0 Å². The zero-order chi connectivity index (χ0) is 15.3. The van der Waals surface area contributed by atoms with Gasteiger partial charge in [-0.05, 0) is 0 Å². The standard InChI is InChI=1S/C8H11F6O4P/c1-2-6(15)3-19(16,17-4-7(9,10)11)18-5-8(12,13)14/h2-5H2,1H3. The minimum atomic E-state index is -4.90. The summed E-state index contributed by atoms with van der Waals surface area (Å²) in [6.45, 7) is -2.81. The third-order valence-corrected chi connectivity index (χ3v) is 3.40. The molecule has 0 bridgehead atoms. The molecular weight excluding hydrogens is 305 g/mol. The number of hydrogen-bond donors (Lipinski definition) is 0. The number of carbonyl (C=O) groups is 1. The summed E-state index contributed by atoms with van der Waals surface area (Å²) in [7, 11) is -4.77.